The molecule has 0 fully saturated rings. The molecule has 0 N–H and O–H groups in total. The van der Waals surface area contributed by atoms with Gasteiger partial charge in [0, 0.05) is 17.1 Å². The van der Waals surface area contributed by atoms with Crippen LogP contribution >= 0.6 is 11.6 Å². The highest BCUT2D eigenvalue weighted by Gasteiger charge is 2.34. The summed E-state index contributed by atoms with van der Waals surface area (Å²) < 4.78 is 16.5. The highest BCUT2D eigenvalue weighted by molar-refractivity contribution is 6.31. The van der Waals surface area contributed by atoms with E-state index in [1.165, 1.54) is 0 Å². The zero-order valence-corrected chi connectivity index (χ0v) is 17.6. The predicted octanol–water partition coefficient (Wildman–Crippen LogP) is 5.13. The van der Waals surface area contributed by atoms with Gasteiger partial charge in [0.2, 0.25) is 0 Å². The molecule has 0 bridgehead atoms. The Morgan fingerprint density at radius 1 is 0.900 bits per heavy atom. The van der Waals surface area contributed by atoms with Crippen molar-refractivity contribution in [2.75, 3.05) is 20.8 Å². The van der Waals surface area contributed by atoms with Crippen LogP contribution in [0.2, 0.25) is 5.02 Å². The molecule has 1 aliphatic rings. The molecule has 154 valence electrons. The second kappa shape index (κ2) is 8.67. The molecule has 3 aromatic rings. The van der Waals surface area contributed by atoms with Gasteiger partial charge in [-0.25, -0.2) is 0 Å². The van der Waals surface area contributed by atoms with Gasteiger partial charge >= 0.3 is 0 Å². The molecule has 3 aromatic carbocycles. The number of carbonyl (C=O) groups is 1. The maximum Gasteiger partial charge on any atom is 0.255 e. The first kappa shape index (κ1) is 20.1. The van der Waals surface area contributed by atoms with Crippen LogP contribution in [-0.2, 0) is 6.54 Å². The van der Waals surface area contributed by atoms with Crippen molar-refractivity contribution in [3.05, 3.63) is 88.4 Å². The largest absolute Gasteiger partial charge is 0.497 e. The van der Waals surface area contributed by atoms with E-state index in [0.717, 1.165) is 22.6 Å². The summed E-state index contributed by atoms with van der Waals surface area (Å²) in [4.78, 5) is 15.0. The van der Waals surface area contributed by atoms with Gasteiger partial charge < -0.3 is 19.1 Å². The molecule has 5 nitrogen and oxygen atoms in total. The molecule has 1 heterocycles. The molecule has 1 amide bonds. The van der Waals surface area contributed by atoms with Gasteiger partial charge in [-0.05, 0) is 59.7 Å². The van der Waals surface area contributed by atoms with Crippen molar-refractivity contribution in [2.45, 2.75) is 12.6 Å². The Morgan fingerprint density at radius 2 is 1.50 bits per heavy atom. The Kier molecular flexibility index (Phi) is 5.81. The van der Waals surface area contributed by atoms with Gasteiger partial charge in [0.25, 0.3) is 5.91 Å². The van der Waals surface area contributed by atoms with Crippen molar-refractivity contribution in [1.29, 1.82) is 0 Å². The molecule has 0 saturated carbocycles. The van der Waals surface area contributed by atoms with Crippen LogP contribution in [0, 0.1) is 0 Å². The van der Waals surface area contributed by atoms with Crippen LogP contribution in [0.25, 0.3) is 0 Å². The Labute approximate surface area is 180 Å². The summed E-state index contributed by atoms with van der Waals surface area (Å²) in [5.41, 5.74) is 2.58. The van der Waals surface area contributed by atoms with Gasteiger partial charge in [0.1, 0.15) is 23.9 Å². The number of carbonyl (C=O) groups excluding carboxylic acids is 1. The van der Waals surface area contributed by atoms with Gasteiger partial charge in [-0.1, -0.05) is 29.8 Å². The van der Waals surface area contributed by atoms with E-state index >= 15 is 0 Å². The van der Waals surface area contributed by atoms with E-state index < -0.39 is 0 Å². The molecule has 6 heteroatoms. The molecular formula is C24H22ClNO4. The summed E-state index contributed by atoms with van der Waals surface area (Å²) in [6.45, 7) is 0.820. The average Bonchev–Trinajstić information content (AvgIpc) is 3.10. The number of benzene rings is 3. The zero-order valence-electron chi connectivity index (χ0n) is 16.8. The van der Waals surface area contributed by atoms with Crippen LogP contribution in [0.15, 0.2) is 66.7 Å². The van der Waals surface area contributed by atoms with Crippen molar-refractivity contribution >= 4 is 17.5 Å². The smallest absolute Gasteiger partial charge is 0.255 e. The van der Waals surface area contributed by atoms with Gasteiger partial charge in [0.05, 0.1) is 20.3 Å². The fraction of sp³-hybridized carbons (Fsp3) is 0.208. The molecule has 0 aromatic heterocycles. The van der Waals surface area contributed by atoms with Crippen molar-refractivity contribution in [3.63, 3.8) is 0 Å². The second-order valence-corrected chi connectivity index (χ2v) is 7.45. The number of amides is 1. The third-order valence-electron chi connectivity index (χ3n) is 5.25. The summed E-state index contributed by atoms with van der Waals surface area (Å²) in [6.07, 6.45) is 0. The molecule has 1 aliphatic heterocycles. The van der Waals surface area contributed by atoms with Crippen molar-refractivity contribution in [2.24, 2.45) is 0 Å². The summed E-state index contributed by atoms with van der Waals surface area (Å²) >= 11 is 6.11. The molecule has 1 atom stereocenters. The van der Waals surface area contributed by atoms with Gasteiger partial charge in [-0.3, -0.25) is 4.79 Å². The van der Waals surface area contributed by atoms with Gasteiger partial charge in [-0.15, -0.1) is 0 Å². The third-order valence-corrected chi connectivity index (χ3v) is 5.48. The Balaban J connectivity index is 1.60. The van der Waals surface area contributed by atoms with Crippen LogP contribution < -0.4 is 14.2 Å². The standard InChI is InChI=1S/C24H22ClNO4/c1-28-19-7-4-16(5-8-19)23(15-30-21-11-9-20(29-2)10-12-21)26-14-17-3-6-18(25)13-22(17)24(26)27/h3-13,23H,14-15H2,1-2H3. The summed E-state index contributed by atoms with van der Waals surface area (Å²) in [7, 11) is 3.25. The maximum absolute atomic E-state index is 13.2. The summed E-state index contributed by atoms with van der Waals surface area (Å²) in [5.74, 6) is 2.18. The van der Waals surface area contributed by atoms with E-state index in [9.17, 15) is 4.79 Å². The lowest BCUT2D eigenvalue weighted by atomic mass is 10.1. The van der Waals surface area contributed by atoms with E-state index in [4.69, 9.17) is 25.8 Å². The number of nitrogens with zero attached hydrogens (tertiary/aromatic N) is 1. The highest BCUT2D eigenvalue weighted by atomic mass is 35.5. The minimum Gasteiger partial charge on any atom is -0.497 e. The molecule has 4 rings (SSSR count). The zero-order chi connectivity index (χ0) is 21.1. The number of hydrogen-bond donors (Lipinski definition) is 0. The molecule has 0 radical (unpaired) electrons. The second-order valence-electron chi connectivity index (χ2n) is 7.01. The van der Waals surface area contributed by atoms with E-state index in [2.05, 4.69) is 0 Å². The molecule has 1 unspecified atom stereocenters. The van der Waals surface area contributed by atoms with Gasteiger partial charge in [0.15, 0.2) is 0 Å². The van der Waals surface area contributed by atoms with Crippen molar-refractivity contribution in [1.82, 2.24) is 4.90 Å². The monoisotopic (exact) mass is 423 g/mol. The molecule has 0 aliphatic carbocycles. The summed E-state index contributed by atoms with van der Waals surface area (Å²) in [5, 5.41) is 0.555. The number of methoxy groups -OCH3 is 2. The lowest BCUT2D eigenvalue weighted by Crippen LogP contribution is -2.33. The van der Waals surface area contributed by atoms with Crippen LogP contribution in [0.1, 0.15) is 27.5 Å². The maximum atomic E-state index is 13.2. The first-order chi connectivity index (χ1) is 14.6. The summed E-state index contributed by atoms with van der Waals surface area (Å²) in [6, 6.07) is 20.3. The molecule has 30 heavy (non-hydrogen) atoms. The Bertz CT molecular complexity index is 1030. The minimum atomic E-state index is -0.267. The molecule has 0 saturated heterocycles. The number of hydrogen-bond acceptors (Lipinski definition) is 4. The topological polar surface area (TPSA) is 48.0 Å². The number of halogens is 1. The molecular weight excluding hydrogens is 402 g/mol. The van der Waals surface area contributed by atoms with Crippen LogP contribution in [0.5, 0.6) is 17.2 Å². The van der Waals surface area contributed by atoms with Crippen molar-refractivity contribution in [3.8, 4) is 17.2 Å². The average molecular weight is 424 g/mol. The van der Waals surface area contributed by atoms with Gasteiger partial charge in [-0.2, -0.15) is 0 Å². The Hall–Kier alpha value is -3.18. The Morgan fingerprint density at radius 3 is 2.13 bits per heavy atom. The number of ether oxygens (including phenoxy) is 3. The fourth-order valence-electron chi connectivity index (χ4n) is 3.59. The van der Waals surface area contributed by atoms with E-state index in [1.54, 1.807) is 20.3 Å². The van der Waals surface area contributed by atoms with Crippen LogP contribution in [0.3, 0.4) is 0 Å². The van der Waals surface area contributed by atoms with Crippen LogP contribution in [0.4, 0.5) is 0 Å². The van der Waals surface area contributed by atoms with E-state index in [1.807, 2.05) is 65.6 Å². The minimum absolute atomic E-state index is 0.0494. The molecule has 0 spiro atoms. The van der Waals surface area contributed by atoms with Crippen LogP contribution in [-0.4, -0.2) is 31.6 Å². The number of fused-ring (bicyclic) bond motifs is 1. The van der Waals surface area contributed by atoms with Crippen molar-refractivity contribution < 1.29 is 19.0 Å². The normalized spacial score (nSPS) is 13.7. The first-order valence-corrected chi connectivity index (χ1v) is 9.97. The first-order valence-electron chi connectivity index (χ1n) is 9.59. The van der Waals surface area contributed by atoms with E-state index in [0.29, 0.717) is 29.5 Å². The number of rotatable bonds is 7. The lowest BCUT2D eigenvalue weighted by Gasteiger charge is -2.28. The SMILES string of the molecule is COc1ccc(OCC(c2ccc(OC)cc2)N2Cc3ccc(Cl)cc3C2=O)cc1. The third kappa shape index (κ3) is 4.07. The van der Waals surface area contributed by atoms with E-state index in [-0.39, 0.29) is 11.9 Å². The quantitative estimate of drug-likeness (QED) is 0.528. The lowest BCUT2D eigenvalue weighted by molar-refractivity contribution is 0.0635. The highest BCUT2D eigenvalue weighted by Crippen LogP contribution is 2.34. The fourth-order valence-corrected chi connectivity index (χ4v) is 3.76. The predicted molar refractivity (Wildman–Crippen MR) is 116 cm³/mol.